The Hall–Kier alpha value is -2.49. The van der Waals surface area contributed by atoms with Gasteiger partial charge in [0.1, 0.15) is 17.2 Å². The highest BCUT2D eigenvalue weighted by Crippen LogP contribution is 2.28. The van der Waals surface area contributed by atoms with Crippen LogP contribution in [0.15, 0.2) is 48.5 Å². The van der Waals surface area contributed by atoms with Crippen LogP contribution in [0.3, 0.4) is 0 Å². The number of para-hydroxylation sites is 1. The van der Waals surface area contributed by atoms with Crippen molar-refractivity contribution >= 4 is 5.91 Å². The van der Waals surface area contributed by atoms with E-state index in [0.717, 1.165) is 0 Å². The summed E-state index contributed by atoms with van der Waals surface area (Å²) in [5.74, 6) is 1.88. The van der Waals surface area contributed by atoms with E-state index in [1.54, 1.807) is 30.2 Å². The summed E-state index contributed by atoms with van der Waals surface area (Å²) in [6.07, 6.45) is 0. The topological polar surface area (TPSA) is 38.8 Å². The van der Waals surface area contributed by atoms with Crippen LogP contribution in [-0.2, 0) is 0 Å². The zero-order valence-corrected chi connectivity index (χ0v) is 13.2. The van der Waals surface area contributed by atoms with E-state index in [-0.39, 0.29) is 5.91 Å². The summed E-state index contributed by atoms with van der Waals surface area (Å²) in [6, 6.07) is 14.6. The summed E-state index contributed by atoms with van der Waals surface area (Å²) in [4.78, 5) is 14.3. The summed E-state index contributed by atoms with van der Waals surface area (Å²) in [5, 5.41) is 0. The molecule has 0 saturated heterocycles. The van der Waals surface area contributed by atoms with E-state index < -0.39 is 0 Å². The molecule has 4 nitrogen and oxygen atoms in total. The lowest BCUT2D eigenvalue weighted by molar-refractivity contribution is 0.0770. The van der Waals surface area contributed by atoms with Gasteiger partial charge >= 0.3 is 0 Å². The molecule has 22 heavy (non-hydrogen) atoms. The molecule has 116 valence electrons. The van der Waals surface area contributed by atoms with Crippen molar-refractivity contribution in [1.29, 1.82) is 0 Å². The van der Waals surface area contributed by atoms with Crippen LogP contribution in [0, 0.1) is 0 Å². The van der Waals surface area contributed by atoms with E-state index >= 15 is 0 Å². The second-order valence-electron chi connectivity index (χ2n) is 4.75. The number of hydrogen-bond donors (Lipinski definition) is 0. The van der Waals surface area contributed by atoms with Gasteiger partial charge in [0, 0.05) is 19.2 Å². The normalized spacial score (nSPS) is 10.1. The van der Waals surface area contributed by atoms with E-state index in [9.17, 15) is 4.79 Å². The van der Waals surface area contributed by atoms with Crippen LogP contribution in [0.1, 0.15) is 24.2 Å². The molecule has 0 atom stereocenters. The molecule has 0 aliphatic rings. The molecule has 2 aromatic rings. The Morgan fingerprint density at radius 2 is 1.68 bits per heavy atom. The Morgan fingerprint density at radius 1 is 1.00 bits per heavy atom. The number of rotatable bonds is 6. The maximum absolute atomic E-state index is 12.6. The molecule has 0 bridgehead atoms. The number of nitrogens with zero attached hydrogens (tertiary/aromatic N) is 1. The first-order valence-electron chi connectivity index (χ1n) is 7.39. The van der Waals surface area contributed by atoms with Crippen LogP contribution in [0.2, 0.25) is 0 Å². The van der Waals surface area contributed by atoms with E-state index in [2.05, 4.69) is 0 Å². The average molecular weight is 299 g/mol. The first-order valence-corrected chi connectivity index (χ1v) is 7.39. The van der Waals surface area contributed by atoms with Crippen LogP contribution < -0.4 is 9.47 Å². The van der Waals surface area contributed by atoms with Gasteiger partial charge in [0.25, 0.3) is 5.91 Å². The van der Waals surface area contributed by atoms with Crippen molar-refractivity contribution in [2.24, 2.45) is 0 Å². The minimum atomic E-state index is -0.0245. The molecule has 0 aromatic heterocycles. The van der Waals surface area contributed by atoms with Crippen molar-refractivity contribution in [3.05, 3.63) is 54.1 Å². The van der Waals surface area contributed by atoms with E-state index in [4.69, 9.17) is 9.47 Å². The molecule has 0 radical (unpaired) electrons. The third-order valence-electron chi connectivity index (χ3n) is 3.44. The van der Waals surface area contributed by atoms with Gasteiger partial charge in [0.2, 0.25) is 0 Å². The van der Waals surface area contributed by atoms with Crippen LogP contribution in [-0.4, -0.2) is 31.0 Å². The standard InChI is InChI=1S/C18H21NO3/c1-4-19(5-2)18(20)16-11-6-7-12-17(16)22-15-10-8-9-14(13-15)21-3/h6-13H,4-5H2,1-3H3. The van der Waals surface area contributed by atoms with Gasteiger partial charge < -0.3 is 14.4 Å². The molecule has 0 N–H and O–H groups in total. The minimum Gasteiger partial charge on any atom is -0.497 e. The maximum Gasteiger partial charge on any atom is 0.257 e. The molecular formula is C18H21NO3. The largest absolute Gasteiger partial charge is 0.497 e. The van der Waals surface area contributed by atoms with Gasteiger partial charge in [-0.05, 0) is 38.1 Å². The van der Waals surface area contributed by atoms with Gasteiger partial charge in [-0.1, -0.05) is 18.2 Å². The Morgan fingerprint density at radius 3 is 2.36 bits per heavy atom. The Balaban J connectivity index is 2.30. The predicted octanol–water partition coefficient (Wildman–Crippen LogP) is 3.97. The number of amides is 1. The van der Waals surface area contributed by atoms with Crippen LogP contribution in [0.5, 0.6) is 17.2 Å². The maximum atomic E-state index is 12.6. The Labute approximate surface area is 131 Å². The van der Waals surface area contributed by atoms with Crippen molar-refractivity contribution in [2.75, 3.05) is 20.2 Å². The third-order valence-corrected chi connectivity index (χ3v) is 3.44. The van der Waals surface area contributed by atoms with Gasteiger partial charge in [-0.15, -0.1) is 0 Å². The fourth-order valence-electron chi connectivity index (χ4n) is 2.21. The molecule has 0 aliphatic heterocycles. The smallest absolute Gasteiger partial charge is 0.257 e. The number of hydrogen-bond acceptors (Lipinski definition) is 3. The van der Waals surface area contributed by atoms with Crippen LogP contribution >= 0.6 is 0 Å². The lowest BCUT2D eigenvalue weighted by Crippen LogP contribution is -2.30. The van der Waals surface area contributed by atoms with Gasteiger partial charge in [-0.25, -0.2) is 0 Å². The fourth-order valence-corrected chi connectivity index (χ4v) is 2.21. The van der Waals surface area contributed by atoms with Gasteiger partial charge in [0.15, 0.2) is 0 Å². The molecule has 0 heterocycles. The van der Waals surface area contributed by atoms with Gasteiger partial charge in [0.05, 0.1) is 12.7 Å². The first-order chi connectivity index (χ1) is 10.7. The van der Waals surface area contributed by atoms with Crippen LogP contribution in [0.25, 0.3) is 0 Å². The lowest BCUT2D eigenvalue weighted by atomic mass is 10.1. The first kappa shape index (κ1) is 15.9. The van der Waals surface area contributed by atoms with Gasteiger partial charge in [-0.3, -0.25) is 4.79 Å². The summed E-state index contributed by atoms with van der Waals surface area (Å²) in [5.41, 5.74) is 0.564. The molecule has 0 aliphatic carbocycles. The number of carbonyl (C=O) groups excluding carboxylic acids is 1. The summed E-state index contributed by atoms with van der Waals surface area (Å²) < 4.78 is 11.1. The Bertz CT molecular complexity index is 636. The SMILES string of the molecule is CCN(CC)C(=O)c1ccccc1Oc1cccc(OC)c1. The second kappa shape index (κ2) is 7.50. The summed E-state index contributed by atoms with van der Waals surface area (Å²) >= 11 is 0. The van der Waals surface area contributed by atoms with E-state index in [1.807, 2.05) is 44.2 Å². The zero-order valence-electron chi connectivity index (χ0n) is 13.2. The number of carbonyl (C=O) groups is 1. The van der Waals surface area contributed by atoms with Crippen molar-refractivity contribution in [1.82, 2.24) is 4.90 Å². The number of methoxy groups -OCH3 is 1. The monoisotopic (exact) mass is 299 g/mol. The highest BCUT2D eigenvalue weighted by Gasteiger charge is 2.17. The van der Waals surface area contributed by atoms with E-state index in [0.29, 0.717) is 35.9 Å². The van der Waals surface area contributed by atoms with Crippen molar-refractivity contribution in [3.63, 3.8) is 0 Å². The lowest BCUT2D eigenvalue weighted by Gasteiger charge is -2.20. The Kier molecular flexibility index (Phi) is 5.42. The molecule has 2 aromatic carbocycles. The highest BCUT2D eigenvalue weighted by molar-refractivity contribution is 5.97. The molecule has 0 spiro atoms. The zero-order chi connectivity index (χ0) is 15.9. The van der Waals surface area contributed by atoms with Crippen LogP contribution in [0.4, 0.5) is 0 Å². The molecule has 4 heteroatoms. The van der Waals surface area contributed by atoms with Crippen molar-refractivity contribution in [3.8, 4) is 17.2 Å². The predicted molar refractivity (Wildman–Crippen MR) is 86.8 cm³/mol. The molecule has 1 amide bonds. The molecule has 0 saturated carbocycles. The van der Waals surface area contributed by atoms with Gasteiger partial charge in [-0.2, -0.15) is 0 Å². The van der Waals surface area contributed by atoms with Crippen molar-refractivity contribution < 1.29 is 14.3 Å². The third kappa shape index (κ3) is 3.58. The quantitative estimate of drug-likeness (QED) is 0.810. The fraction of sp³-hybridized carbons (Fsp3) is 0.278. The second-order valence-corrected chi connectivity index (χ2v) is 4.75. The summed E-state index contributed by atoms with van der Waals surface area (Å²) in [6.45, 7) is 5.27. The molecule has 0 unspecified atom stereocenters. The molecule has 2 rings (SSSR count). The molecule has 0 fully saturated rings. The number of ether oxygens (including phenoxy) is 2. The van der Waals surface area contributed by atoms with Crippen molar-refractivity contribution in [2.45, 2.75) is 13.8 Å². The average Bonchev–Trinajstić information content (AvgIpc) is 2.56. The van der Waals surface area contributed by atoms with E-state index in [1.165, 1.54) is 0 Å². The summed E-state index contributed by atoms with van der Waals surface area (Å²) in [7, 11) is 1.61. The minimum absolute atomic E-state index is 0.0245. The molecular weight excluding hydrogens is 278 g/mol. The number of benzene rings is 2. The highest BCUT2D eigenvalue weighted by atomic mass is 16.5.